The number of rotatable bonds is 5. The number of sulfonamides is 1. The van der Waals surface area contributed by atoms with Gasteiger partial charge in [0.05, 0.1) is 22.4 Å². The van der Waals surface area contributed by atoms with Gasteiger partial charge in [-0.25, -0.2) is 13.1 Å². The Kier molecular flexibility index (Phi) is 4.31. The third kappa shape index (κ3) is 3.13. The van der Waals surface area contributed by atoms with Gasteiger partial charge >= 0.3 is 11.1 Å². The molecule has 0 bridgehead atoms. The van der Waals surface area contributed by atoms with Crippen LogP contribution >= 0.6 is 0 Å². The van der Waals surface area contributed by atoms with E-state index in [4.69, 9.17) is 0 Å². The smallest absolute Gasteiger partial charge is 0.316 e. The van der Waals surface area contributed by atoms with Crippen molar-refractivity contribution in [1.82, 2.24) is 24.5 Å². The number of aromatic nitrogens is 4. The fourth-order valence-corrected chi connectivity index (χ4v) is 4.13. The summed E-state index contributed by atoms with van der Waals surface area (Å²) >= 11 is 0. The minimum atomic E-state index is -3.77. The Balaban J connectivity index is 1.88. The van der Waals surface area contributed by atoms with Crippen LogP contribution in [-0.4, -0.2) is 34.7 Å². The first kappa shape index (κ1) is 17.1. The van der Waals surface area contributed by atoms with Gasteiger partial charge in [-0.15, -0.1) is 0 Å². The quantitative estimate of drug-likeness (QED) is 0.550. The molecule has 0 amide bonds. The van der Waals surface area contributed by atoms with E-state index in [9.17, 15) is 18.0 Å². The zero-order valence-corrected chi connectivity index (χ0v) is 14.5. The number of para-hydroxylation sites is 2. The van der Waals surface area contributed by atoms with Gasteiger partial charge in [0.15, 0.2) is 0 Å². The molecule has 0 saturated carbocycles. The van der Waals surface area contributed by atoms with Gasteiger partial charge in [0.1, 0.15) is 4.90 Å². The second-order valence-electron chi connectivity index (χ2n) is 5.59. The summed E-state index contributed by atoms with van der Waals surface area (Å²) in [5, 5.41) is 6.49. The summed E-state index contributed by atoms with van der Waals surface area (Å²) in [6, 6.07) is 6.83. The van der Waals surface area contributed by atoms with Crippen molar-refractivity contribution >= 4 is 21.1 Å². The summed E-state index contributed by atoms with van der Waals surface area (Å²) in [6.45, 7) is 3.19. The zero-order chi connectivity index (χ0) is 18.2. The Morgan fingerprint density at radius 3 is 2.60 bits per heavy atom. The fourth-order valence-electron chi connectivity index (χ4n) is 2.75. The fraction of sp³-hybridized carbons (Fsp3) is 0.267. The summed E-state index contributed by atoms with van der Waals surface area (Å²) < 4.78 is 28.5. The Morgan fingerprint density at radius 2 is 1.92 bits per heavy atom. The molecule has 0 aliphatic carbocycles. The lowest BCUT2D eigenvalue weighted by Crippen LogP contribution is -2.39. The number of H-pyrrole nitrogens is 2. The average molecular weight is 363 g/mol. The first-order valence-corrected chi connectivity index (χ1v) is 9.02. The maximum Gasteiger partial charge on any atom is 0.316 e. The van der Waals surface area contributed by atoms with Gasteiger partial charge in [0, 0.05) is 13.1 Å². The van der Waals surface area contributed by atoms with Gasteiger partial charge in [-0.1, -0.05) is 12.1 Å². The molecule has 0 radical (unpaired) electrons. The molecule has 9 nitrogen and oxygen atoms in total. The van der Waals surface area contributed by atoms with Crippen molar-refractivity contribution in [2.24, 2.45) is 0 Å². The number of hydrogen-bond donors (Lipinski definition) is 3. The molecule has 3 aromatic rings. The number of nitrogens with one attached hydrogen (secondary N) is 3. The molecule has 3 rings (SSSR count). The van der Waals surface area contributed by atoms with Gasteiger partial charge in [0.25, 0.3) is 0 Å². The number of aryl methyl sites for hydroxylation is 2. The van der Waals surface area contributed by atoms with Crippen molar-refractivity contribution in [1.29, 1.82) is 0 Å². The van der Waals surface area contributed by atoms with Crippen molar-refractivity contribution in [3.05, 3.63) is 56.4 Å². The molecular formula is C15H17N5O4S. The van der Waals surface area contributed by atoms with E-state index in [0.717, 1.165) is 0 Å². The van der Waals surface area contributed by atoms with Crippen molar-refractivity contribution in [2.45, 2.75) is 25.3 Å². The Morgan fingerprint density at radius 1 is 1.20 bits per heavy atom. The van der Waals surface area contributed by atoms with Gasteiger partial charge in [-0.2, -0.15) is 5.10 Å². The van der Waals surface area contributed by atoms with Gasteiger partial charge in [-0.05, 0) is 26.0 Å². The van der Waals surface area contributed by atoms with E-state index in [-0.39, 0.29) is 18.0 Å². The number of aromatic amines is 2. The third-order valence-electron chi connectivity index (χ3n) is 3.84. The van der Waals surface area contributed by atoms with E-state index in [1.54, 1.807) is 38.1 Å². The van der Waals surface area contributed by atoms with Crippen molar-refractivity contribution < 1.29 is 8.42 Å². The van der Waals surface area contributed by atoms with E-state index in [2.05, 4.69) is 19.9 Å². The lowest BCUT2D eigenvalue weighted by atomic mass is 10.3. The van der Waals surface area contributed by atoms with Crippen molar-refractivity contribution in [2.75, 3.05) is 6.54 Å². The van der Waals surface area contributed by atoms with Crippen LogP contribution in [0.3, 0.4) is 0 Å². The van der Waals surface area contributed by atoms with Gasteiger partial charge < -0.3 is 9.55 Å². The topological polar surface area (TPSA) is 130 Å². The number of fused-ring (bicyclic) bond motifs is 1. The Hall–Kier alpha value is -2.72. The maximum atomic E-state index is 12.4. The standard InChI is InChI=1S/C15H17N5O4S/c1-9-13(10(2)19-18-9)25(23,24)16-7-8-20-12-6-4-3-5-11(12)17-14(21)15(20)22/h3-6,16H,7-8H2,1-2H3,(H,17,21)(H,18,19). The highest BCUT2D eigenvalue weighted by molar-refractivity contribution is 7.89. The highest BCUT2D eigenvalue weighted by Crippen LogP contribution is 2.16. The van der Waals surface area contributed by atoms with E-state index in [1.807, 2.05) is 0 Å². The van der Waals surface area contributed by atoms with Crippen LogP contribution < -0.4 is 15.8 Å². The summed E-state index contributed by atoms with van der Waals surface area (Å²) in [6.07, 6.45) is 0. The summed E-state index contributed by atoms with van der Waals surface area (Å²) in [5.74, 6) is 0. The number of nitrogens with zero attached hydrogens (tertiary/aromatic N) is 2. The molecule has 2 aromatic heterocycles. The highest BCUT2D eigenvalue weighted by Gasteiger charge is 2.21. The Bertz CT molecular complexity index is 1140. The molecule has 2 heterocycles. The summed E-state index contributed by atoms with van der Waals surface area (Å²) in [4.78, 5) is 26.4. The second-order valence-corrected chi connectivity index (χ2v) is 7.29. The molecule has 0 atom stereocenters. The molecule has 0 saturated heterocycles. The van der Waals surface area contributed by atoms with Gasteiger partial charge in [0.2, 0.25) is 10.0 Å². The lowest BCUT2D eigenvalue weighted by molar-refractivity contribution is 0.571. The molecule has 0 spiro atoms. The predicted octanol–water partition coefficient (Wildman–Crippen LogP) is 0.00824. The summed E-state index contributed by atoms with van der Waals surface area (Å²) in [5.41, 5.74) is 0.364. The largest absolute Gasteiger partial charge is 0.316 e. The molecule has 25 heavy (non-hydrogen) atoms. The van der Waals surface area contributed by atoms with Crippen LogP contribution in [0.1, 0.15) is 11.4 Å². The molecule has 3 N–H and O–H groups in total. The molecule has 0 aliphatic heterocycles. The van der Waals surface area contributed by atoms with E-state index in [1.165, 1.54) is 4.57 Å². The van der Waals surface area contributed by atoms with Gasteiger partial charge in [-0.3, -0.25) is 14.7 Å². The van der Waals surface area contributed by atoms with E-state index >= 15 is 0 Å². The second kappa shape index (κ2) is 6.30. The maximum absolute atomic E-state index is 12.4. The van der Waals surface area contributed by atoms with Crippen molar-refractivity contribution in [3.63, 3.8) is 0 Å². The first-order valence-electron chi connectivity index (χ1n) is 7.54. The molecule has 0 aliphatic rings. The van der Waals surface area contributed by atoms with Crippen molar-refractivity contribution in [3.8, 4) is 0 Å². The highest BCUT2D eigenvalue weighted by atomic mass is 32.2. The van der Waals surface area contributed by atoms with Crippen LogP contribution in [0.2, 0.25) is 0 Å². The predicted molar refractivity (Wildman–Crippen MR) is 92.1 cm³/mol. The van der Waals surface area contributed by atoms with E-state index in [0.29, 0.717) is 22.4 Å². The summed E-state index contributed by atoms with van der Waals surface area (Å²) in [7, 11) is -3.77. The lowest BCUT2D eigenvalue weighted by Gasteiger charge is -2.11. The molecular weight excluding hydrogens is 346 g/mol. The minimum absolute atomic E-state index is 0.0262. The third-order valence-corrected chi connectivity index (χ3v) is 5.56. The van der Waals surface area contributed by atoms with Crippen LogP contribution in [0.15, 0.2) is 38.8 Å². The van der Waals surface area contributed by atoms with Crippen LogP contribution in [0.25, 0.3) is 11.0 Å². The van der Waals surface area contributed by atoms with Crippen LogP contribution in [0.5, 0.6) is 0 Å². The first-order chi connectivity index (χ1) is 11.8. The van der Waals surface area contributed by atoms with Crippen LogP contribution in [-0.2, 0) is 16.6 Å². The number of benzene rings is 1. The SMILES string of the molecule is Cc1n[nH]c(C)c1S(=O)(=O)NCCn1c(=O)c(=O)[nH]c2ccccc21. The zero-order valence-electron chi connectivity index (χ0n) is 13.7. The molecule has 0 unspecified atom stereocenters. The van der Waals surface area contributed by atoms with Crippen LogP contribution in [0.4, 0.5) is 0 Å². The molecule has 1 aromatic carbocycles. The normalized spacial score (nSPS) is 11.9. The minimum Gasteiger partial charge on any atom is -0.316 e. The van der Waals surface area contributed by atoms with E-state index < -0.39 is 21.1 Å². The number of hydrogen-bond acceptors (Lipinski definition) is 5. The molecule has 0 fully saturated rings. The molecule has 132 valence electrons. The Labute approximate surface area is 142 Å². The average Bonchev–Trinajstić information content (AvgIpc) is 2.90. The monoisotopic (exact) mass is 363 g/mol. The molecule has 10 heteroatoms. The van der Waals surface area contributed by atoms with Crippen LogP contribution in [0, 0.1) is 13.8 Å².